The van der Waals surface area contributed by atoms with Crippen LogP contribution < -0.4 is 11.1 Å². The molecule has 0 bridgehead atoms. The highest BCUT2D eigenvalue weighted by atomic mass is 16.2. The second kappa shape index (κ2) is 5.05. The van der Waals surface area contributed by atoms with Gasteiger partial charge < -0.3 is 15.6 Å². The third-order valence-electron chi connectivity index (χ3n) is 2.82. The van der Waals surface area contributed by atoms with Gasteiger partial charge in [0.2, 0.25) is 0 Å². The number of nitrogens with zero attached hydrogens (tertiary/aromatic N) is 1. The minimum atomic E-state index is -0.0558. The van der Waals surface area contributed by atoms with Gasteiger partial charge in [-0.05, 0) is 18.4 Å². The Balaban J connectivity index is 2.75. The first-order valence-corrected chi connectivity index (χ1v) is 5.68. The molecule has 0 saturated carbocycles. The van der Waals surface area contributed by atoms with Crippen molar-refractivity contribution in [2.75, 3.05) is 5.73 Å². The van der Waals surface area contributed by atoms with Crippen LogP contribution in [-0.4, -0.2) is 16.5 Å². The van der Waals surface area contributed by atoms with Crippen molar-refractivity contribution in [2.24, 2.45) is 13.0 Å². The van der Waals surface area contributed by atoms with E-state index in [2.05, 4.69) is 26.1 Å². The van der Waals surface area contributed by atoms with Crippen molar-refractivity contribution in [3.05, 3.63) is 18.0 Å². The van der Waals surface area contributed by atoms with E-state index in [0.29, 0.717) is 17.3 Å². The number of hydrogen-bond acceptors (Lipinski definition) is 2. The smallest absolute Gasteiger partial charge is 0.268 e. The van der Waals surface area contributed by atoms with Gasteiger partial charge in [-0.25, -0.2) is 0 Å². The first-order chi connectivity index (χ1) is 7.45. The van der Waals surface area contributed by atoms with Gasteiger partial charge in [0.1, 0.15) is 5.69 Å². The molecule has 1 atom stereocenters. The summed E-state index contributed by atoms with van der Waals surface area (Å²) in [6, 6.07) is 1.91. The second-order valence-electron chi connectivity index (χ2n) is 4.50. The van der Waals surface area contributed by atoms with Crippen molar-refractivity contribution in [1.82, 2.24) is 9.88 Å². The SMILES string of the molecule is CCC(NC(=O)c1cc(N)cn1C)C(C)C. The molecule has 0 aliphatic carbocycles. The topological polar surface area (TPSA) is 60.1 Å². The molecule has 90 valence electrons. The lowest BCUT2D eigenvalue weighted by Gasteiger charge is -2.20. The number of aryl methyl sites for hydroxylation is 1. The molecule has 1 amide bonds. The Morgan fingerprint density at radius 3 is 2.56 bits per heavy atom. The number of carbonyl (C=O) groups is 1. The Bertz CT molecular complexity index is 368. The summed E-state index contributed by atoms with van der Waals surface area (Å²) < 4.78 is 1.75. The summed E-state index contributed by atoms with van der Waals surface area (Å²) in [6.45, 7) is 6.28. The van der Waals surface area contributed by atoms with Gasteiger partial charge in [0.15, 0.2) is 0 Å². The monoisotopic (exact) mass is 223 g/mol. The van der Waals surface area contributed by atoms with E-state index < -0.39 is 0 Å². The number of nitrogen functional groups attached to an aromatic ring is 1. The number of carbonyl (C=O) groups excluding carboxylic acids is 1. The number of nitrogens with one attached hydrogen (secondary N) is 1. The third-order valence-corrected chi connectivity index (χ3v) is 2.82. The number of anilines is 1. The van der Waals surface area contributed by atoms with Gasteiger partial charge in [-0.1, -0.05) is 20.8 Å². The predicted octanol–water partition coefficient (Wildman–Crippen LogP) is 1.77. The van der Waals surface area contributed by atoms with E-state index in [-0.39, 0.29) is 11.9 Å². The zero-order valence-electron chi connectivity index (χ0n) is 10.4. The predicted molar refractivity (Wildman–Crippen MR) is 66.2 cm³/mol. The van der Waals surface area contributed by atoms with Crippen molar-refractivity contribution in [3.8, 4) is 0 Å². The van der Waals surface area contributed by atoms with Crippen LogP contribution in [0.1, 0.15) is 37.7 Å². The summed E-state index contributed by atoms with van der Waals surface area (Å²) in [5.74, 6) is 0.381. The van der Waals surface area contributed by atoms with E-state index in [1.165, 1.54) is 0 Å². The standard InChI is InChI=1S/C12H21N3O/c1-5-10(8(2)3)14-12(16)11-6-9(13)7-15(11)4/h6-8,10H,5,13H2,1-4H3,(H,14,16). The van der Waals surface area contributed by atoms with Crippen molar-refractivity contribution < 1.29 is 4.79 Å². The molecule has 0 spiro atoms. The molecule has 0 fully saturated rings. The molecule has 4 nitrogen and oxygen atoms in total. The van der Waals surface area contributed by atoms with Gasteiger partial charge in [0.05, 0.1) is 5.69 Å². The highest BCUT2D eigenvalue weighted by Crippen LogP contribution is 2.11. The maximum Gasteiger partial charge on any atom is 0.268 e. The second-order valence-corrected chi connectivity index (χ2v) is 4.50. The van der Waals surface area contributed by atoms with E-state index >= 15 is 0 Å². The summed E-state index contributed by atoms with van der Waals surface area (Å²) >= 11 is 0. The number of nitrogens with two attached hydrogens (primary N) is 1. The fourth-order valence-electron chi connectivity index (χ4n) is 1.80. The van der Waals surface area contributed by atoms with Gasteiger partial charge >= 0.3 is 0 Å². The average molecular weight is 223 g/mol. The molecule has 1 heterocycles. The van der Waals surface area contributed by atoms with Crippen LogP contribution in [0.2, 0.25) is 0 Å². The summed E-state index contributed by atoms with van der Waals surface area (Å²) in [5, 5.41) is 3.02. The molecule has 0 saturated heterocycles. The molecule has 16 heavy (non-hydrogen) atoms. The maximum atomic E-state index is 12.0. The fraction of sp³-hybridized carbons (Fsp3) is 0.583. The molecular weight excluding hydrogens is 202 g/mol. The van der Waals surface area contributed by atoms with E-state index in [1.807, 2.05) is 7.05 Å². The van der Waals surface area contributed by atoms with Crippen molar-refractivity contribution in [3.63, 3.8) is 0 Å². The zero-order chi connectivity index (χ0) is 12.3. The minimum Gasteiger partial charge on any atom is -0.397 e. The molecule has 4 heteroatoms. The highest BCUT2D eigenvalue weighted by Gasteiger charge is 2.17. The van der Waals surface area contributed by atoms with E-state index in [9.17, 15) is 4.79 Å². The van der Waals surface area contributed by atoms with Gasteiger partial charge in [-0.3, -0.25) is 4.79 Å². The lowest BCUT2D eigenvalue weighted by atomic mass is 10.0. The highest BCUT2D eigenvalue weighted by molar-refractivity contribution is 5.93. The van der Waals surface area contributed by atoms with E-state index in [4.69, 9.17) is 5.73 Å². The van der Waals surface area contributed by atoms with E-state index in [1.54, 1.807) is 16.8 Å². The van der Waals surface area contributed by atoms with Crippen molar-refractivity contribution in [1.29, 1.82) is 0 Å². The molecule has 3 N–H and O–H groups in total. The Kier molecular flexibility index (Phi) is 3.99. The fourth-order valence-corrected chi connectivity index (χ4v) is 1.80. The summed E-state index contributed by atoms with van der Waals surface area (Å²) in [7, 11) is 1.82. The first-order valence-electron chi connectivity index (χ1n) is 5.68. The van der Waals surface area contributed by atoms with Crippen LogP contribution in [0.3, 0.4) is 0 Å². The summed E-state index contributed by atoms with van der Waals surface area (Å²) in [6.07, 6.45) is 2.68. The van der Waals surface area contributed by atoms with Crippen LogP contribution in [0.4, 0.5) is 5.69 Å². The molecule has 0 aliphatic rings. The molecule has 1 unspecified atom stereocenters. The van der Waals surface area contributed by atoms with Crippen LogP contribution in [0.5, 0.6) is 0 Å². The normalized spacial score (nSPS) is 12.8. The Morgan fingerprint density at radius 2 is 2.19 bits per heavy atom. The third kappa shape index (κ3) is 2.78. The zero-order valence-corrected chi connectivity index (χ0v) is 10.4. The Hall–Kier alpha value is -1.45. The summed E-state index contributed by atoms with van der Waals surface area (Å²) in [4.78, 5) is 12.0. The molecule has 0 aromatic carbocycles. The number of rotatable bonds is 4. The number of aromatic nitrogens is 1. The number of amides is 1. The summed E-state index contributed by atoms with van der Waals surface area (Å²) in [5.41, 5.74) is 6.86. The minimum absolute atomic E-state index is 0.0558. The largest absolute Gasteiger partial charge is 0.397 e. The van der Waals surface area contributed by atoms with Crippen LogP contribution >= 0.6 is 0 Å². The van der Waals surface area contributed by atoms with Crippen LogP contribution in [-0.2, 0) is 7.05 Å². The van der Waals surface area contributed by atoms with Crippen molar-refractivity contribution in [2.45, 2.75) is 33.2 Å². The first kappa shape index (κ1) is 12.6. The maximum absolute atomic E-state index is 12.0. The molecule has 1 aromatic heterocycles. The Labute approximate surface area is 96.8 Å². The van der Waals surface area contributed by atoms with Crippen LogP contribution in [0, 0.1) is 5.92 Å². The lowest BCUT2D eigenvalue weighted by Crippen LogP contribution is -2.38. The van der Waals surface area contributed by atoms with Crippen LogP contribution in [0.25, 0.3) is 0 Å². The molecule has 1 aromatic rings. The van der Waals surface area contributed by atoms with E-state index in [0.717, 1.165) is 6.42 Å². The van der Waals surface area contributed by atoms with Gasteiger partial charge in [-0.15, -0.1) is 0 Å². The Morgan fingerprint density at radius 1 is 1.56 bits per heavy atom. The molecule has 1 rings (SSSR count). The van der Waals surface area contributed by atoms with Gasteiger partial charge in [0, 0.05) is 19.3 Å². The lowest BCUT2D eigenvalue weighted by molar-refractivity contribution is 0.0916. The number of hydrogen-bond donors (Lipinski definition) is 2. The van der Waals surface area contributed by atoms with Crippen molar-refractivity contribution >= 4 is 11.6 Å². The average Bonchev–Trinajstić information content (AvgIpc) is 2.53. The van der Waals surface area contributed by atoms with Gasteiger partial charge in [0.25, 0.3) is 5.91 Å². The molecule has 0 aliphatic heterocycles. The molecular formula is C12H21N3O. The quantitative estimate of drug-likeness (QED) is 0.817. The van der Waals surface area contributed by atoms with Gasteiger partial charge in [-0.2, -0.15) is 0 Å². The molecule has 0 radical (unpaired) electrons. The van der Waals surface area contributed by atoms with Crippen LogP contribution in [0.15, 0.2) is 12.3 Å².